The SMILES string of the molecule is CC(C)(C)c1ccccc1C1OON(c2cccc(C(=O)O)c2)O1. The lowest BCUT2D eigenvalue weighted by molar-refractivity contribution is -0.286. The van der Waals surface area contributed by atoms with E-state index in [4.69, 9.17) is 19.8 Å². The fourth-order valence-electron chi connectivity index (χ4n) is 2.55. The van der Waals surface area contributed by atoms with Gasteiger partial charge in [0.25, 0.3) is 0 Å². The number of carboxylic acid groups (broad SMARTS) is 1. The number of nitrogens with zero attached hydrogens (tertiary/aromatic N) is 1. The summed E-state index contributed by atoms with van der Waals surface area (Å²) >= 11 is 0. The van der Waals surface area contributed by atoms with Gasteiger partial charge in [-0.15, -0.1) is 0 Å². The minimum atomic E-state index is -1.02. The lowest BCUT2D eigenvalue weighted by Crippen LogP contribution is -2.18. The van der Waals surface area contributed by atoms with Gasteiger partial charge in [-0.1, -0.05) is 61.3 Å². The molecule has 0 bridgehead atoms. The first-order chi connectivity index (χ1) is 11.4. The molecular formula is C18H19NO5. The monoisotopic (exact) mass is 329 g/mol. The summed E-state index contributed by atoms with van der Waals surface area (Å²) in [4.78, 5) is 27.2. The second kappa shape index (κ2) is 6.24. The molecule has 1 atom stereocenters. The minimum Gasteiger partial charge on any atom is -0.478 e. The minimum absolute atomic E-state index is 0.0834. The number of benzene rings is 2. The summed E-state index contributed by atoms with van der Waals surface area (Å²) in [5.74, 6) is -1.02. The van der Waals surface area contributed by atoms with Crippen molar-refractivity contribution >= 4 is 11.7 Å². The van der Waals surface area contributed by atoms with Crippen molar-refractivity contribution in [3.8, 4) is 0 Å². The van der Waals surface area contributed by atoms with E-state index < -0.39 is 12.3 Å². The predicted molar refractivity (Wildman–Crippen MR) is 87.0 cm³/mol. The van der Waals surface area contributed by atoms with E-state index in [0.29, 0.717) is 5.69 Å². The lowest BCUT2D eigenvalue weighted by atomic mass is 9.83. The van der Waals surface area contributed by atoms with E-state index in [9.17, 15) is 4.79 Å². The first kappa shape index (κ1) is 16.4. The van der Waals surface area contributed by atoms with Crippen LogP contribution in [0.15, 0.2) is 48.5 Å². The van der Waals surface area contributed by atoms with Crippen LogP contribution in [0.3, 0.4) is 0 Å². The molecule has 126 valence electrons. The molecule has 0 aliphatic carbocycles. The first-order valence-electron chi connectivity index (χ1n) is 7.59. The zero-order valence-corrected chi connectivity index (χ0v) is 13.7. The number of carbonyl (C=O) groups is 1. The Bertz CT molecular complexity index is 753. The molecule has 1 fully saturated rings. The Morgan fingerprint density at radius 3 is 2.58 bits per heavy atom. The van der Waals surface area contributed by atoms with Crippen molar-refractivity contribution in [1.82, 2.24) is 0 Å². The van der Waals surface area contributed by atoms with E-state index in [0.717, 1.165) is 16.4 Å². The van der Waals surface area contributed by atoms with Crippen LogP contribution in [0.1, 0.15) is 48.5 Å². The Labute approximate surface area is 140 Å². The quantitative estimate of drug-likeness (QED) is 0.859. The van der Waals surface area contributed by atoms with Gasteiger partial charge in [0.1, 0.15) is 0 Å². The molecule has 1 N–H and O–H groups in total. The fraction of sp³-hybridized carbons (Fsp3) is 0.278. The highest BCUT2D eigenvalue weighted by Crippen LogP contribution is 2.36. The van der Waals surface area contributed by atoms with Gasteiger partial charge in [0.2, 0.25) is 6.29 Å². The van der Waals surface area contributed by atoms with Gasteiger partial charge >= 0.3 is 5.97 Å². The van der Waals surface area contributed by atoms with Gasteiger partial charge in [0.05, 0.1) is 11.3 Å². The lowest BCUT2D eigenvalue weighted by Gasteiger charge is -2.23. The van der Waals surface area contributed by atoms with E-state index in [-0.39, 0.29) is 11.0 Å². The van der Waals surface area contributed by atoms with Crippen LogP contribution in [0.5, 0.6) is 0 Å². The molecule has 0 amide bonds. The van der Waals surface area contributed by atoms with Gasteiger partial charge in [-0.3, -0.25) is 0 Å². The number of rotatable bonds is 3. The number of carboxylic acids is 1. The van der Waals surface area contributed by atoms with Crippen LogP contribution < -0.4 is 5.23 Å². The molecule has 0 radical (unpaired) electrons. The predicted octanol–water partition coefficient (Wildman–Crippen LogP) is 4.00. The van der Waals surface area contributed by atoms with Crippen molar-refractivity contribution in [3.05, 3.63) is 65.2 Å². The number of anilines is 1. The Kier molecular flexibility index (Phi) is 4.28. The molecule has 6 heteroatoms. The van der Waals surface area contributed by atoms with Crippen LogP contribution in [-0.2, 0) is 20.1 Å². The highest BCUT2D eigenvalue weighted by atomic mass is 17.4. The van der Waals surface area contributed by atoms with Crippen molar-refractivity contribution in [2.75, 3.05) is 5.23 Å². The summed E-state index contributed by atoms with van der Waals surface area (Å²) in [7, 11) is 0. The Morgan fingerprint density at radius 2 is 1.88 bits per heavy atom. The van der Waals surface area contributed by atoms with Gasteiger partial charge in [-0.2, -0.15) is 4.89 Å². The average Bonchev–Trinajstić information content (AvgIpc) is 3.04. The molecule has 2 aromatic rings. The summed E-state index contributed by atoms with van der Waals surface area (Å²) in [6, 6.07) is 14.1. The van der Waals surface area contributed by atoms with Crippen molar-refractivity contribution in [3.63, 3.8) is 0 Å². The zero-order chi connectivity index (χ0) is 17.3. The largest absolute Gasteiger partial charge is 0.478 e. The number of hydrogen-bond donors (Lipinski definition) is 1. The third kappa shape index (κ3) is 3.26. The molecule has 3 rings (SSSR count). The standard InChI is InChI=1S/C18H19NO5/c1-18(2,3)15-10-5-4-9-14(15)17-22-19(24-23-17)13-8-6-7-12(11-13)16(20)21/h4-11,17H,1-3H3,(H,20,21). The van der Waals surface area contributed by atoms with E-state index in [2.05, 4.69) is 20.8 Å². The van der Waals surface area contributed by atoms with Crippen molar-refractivity contribution in [2.45, 2.75) is 32.5 Å². The van der Waals surface area contributed by atoms with E-state index in [1.807, 2.05) is 24.3 Å². The van der Waals surface area contributed by atoms with Gasteiger partial charge in [0.15, 0.2) is 0 Å². The summed E-state index contributed by atoms with van der Waals surface area (Å²) in [6.07, 6.45) is -0.728. The van der Waals surface area contributed by atoms with Crippen molar-refractivity contribution in [1.29, 1.82) is 0 Å². The maximum absolute atomic E-state index is 11.1. The highest BCUT2D eigenvalue weighted by Gasteiger charge is 2.33. The summed E-state index contributed by atoms with van der Waals surface area (Å²) in [5, 5.41) is 10.2. The molecule has 0 spiro atoms. The van der Waals surface area contributed by atoms with Crippen LogP contribution in [-0.4, -0.2) is 11.1 Å². The smallest absolute Gasteiger partial charge is 0.335 e. The molecule has 2 aromatic carbocycles. The van der Waals surface area contributed by atoms with Crippen LogP contribution in [0.4, 0.5) is 5.69 Å². The number of aromatic carboxylic acids is 1. The van der Waals surface area contributed by atoms with Crippen LogP contribution in [0.2, 0.25) is 0 Å². The van der Waals surface area contributed by atoms with Crippen LogP contribution in [0, 0.1) is 0 Å². The van der Waals surface area contributed by atoms with Crippen LogP contribution in [0.25, 0.3) is 0 Å². The normalized spacial score (nSPS) is 18.0. The molecule has 1 unspecified atom stereocenters. The van der Waals surface area contributed by atoms with E-state index >= 15 is 0 Å². The van der Waals surface area contributed by atoms with Gasteiger partial charge in [-0.25, -0.2) is 9.63 Å². The Hall–Kier alpha value is -2.41. The fourth-order valence-corrected chi connectivity index (χ4v) is 2.55. The van der Waals surface area contributed by atoms with Crippen LogP contribution >= 0.6 is 0 Å². The number of hydrogen-bond acceptors (Lipinski definition) is 5. The first-order valence-corrected chi connectivity index (χ1v) is 7.59. The molecule has 1 aliphatic heterocycles. The van der Waals surface area contributed by atoms with Crippen molar-refractivity contribution < 1.29 is 24.6 Å². The molecule has 1 saturated heterocycles. The van der Waals surface area contributed by atoms with E-state index in [1.165, 1.54) is 12.1 Å². The summed E-state index contributed by atoms with van der Waals surface area (Å²) in [5.41, 5.74) is 2.44. The third-order valence-electron chi connectivity index (χ3n) is 3.72. The molecule has 24 heavy (non-hydrogen) atoms. The van der Waals surface area contributed by atoms with Gasteiger partial charge < -0.3 is 5.11 Å². The Balaban J connectivity index is 1.84. The second-order valence-electron chi connectivity index (χ2n) is 6.56. The topological polar surface area (TPSA) is 68.2 Å². The molecule has 0 saturated carbocycles. The summed E-state index contributed by atoms with van der Waals surface area (Å²) in [6.45, 7) is 6.32. The molecular weight excluding hydrogens is 310 g/mol. The zero-order valence-electron chi connectivity index (χ0n) is 13.7. The third-order valence-corrected chi connectivity index (χ3v) is 3.72. The van der Waals surface area contributed by atoms with E-state index in [1.54, 1.807) is 12.1 Å². The van der Waals surface area contributed by atoms with Gasteiger partial charge in [0, 0.05) is 5.56 Å². The van der Waals surface area contributed by atoms with Gasteiger partial charge in [-0.05, 0) is 29.2 Å². The molecule has 1 heterocycles. The molecule has 1 aliphatic rings. The molecule has 0 aromatic heterocycles. The maximum Gasteiger partial charge on any atom is 0.335 e. The maximum atomic E-state index is 11.1. The second-order valence-corrected chi connectivity index (χ2v) is 6.56. The highest BCUT2D eigenvalue weighted by molar-refractivity contribution is 5.88. The van der Waals surface area contributed by atoms with Crippen molar-refractivity contribution in [2.24, 2.45) is 0 Å². The Morgan fingerprint density at radius 1 is 1.12 bits per heavy atom. The molecule has 6 nitrogen and oxygen atoms in total. The summed E-state index contributed by atoms with van der Waals surface area (Å²) < 4.78 is 0. The average molecular weight is 329 g/mol.